The second kappa shape index (κ2) is 4.83. The molecule has 2 nitrogen and oxygen atoms in total. The molecule has 1 fully saturated rings. The average Bonchev–Trinajstić information content (AvgIpc) is 2.09. The number of aliphatic hydroxyl groups is 1. The Balaban J connectivity index is 2.28. The molecule has 1 saturated heterocycles. The van der Waals surface area contributed by atoms with Gasteiger partial charge in [-0.25, -0.2) is 0 Å². The van der Waals surface area contributed by atoms with Crippen LogP contribution in [0.4, 0.5) is 0 Å². The number of rotatable bonds is 3. The molecule has 0 spiro atoms. The second-order valence-corrected chi connectivity index (χ2v) is 4.13. The minimum Gasteiger partial charge on any atom is -0.396 e. The minimum absolute atomic E-state index is 0.323. The van der Waals surface area contributed by atoms with E-state index in [4.69, 9.17) is 5.11 Å². The monoisotopic (exact) mass is 171 g/mol. The highest BCUT2D eigenvalue weighted by atomic mass is 16.3. The van der Waals surface area contributed by atoms with Crippen molar-refractivity contribution in [2.45, 2.75) is 39.2 Å². The van der Waals surface area contributed by atoms with Gasteiger partial charge in [0.1, 0.15) is 0 Å². The standard InChI is InChI=1S/C10H21NO/c1-9(8-12)7-11-6-4-3-5-10(11)2/h9-10,12H,3-8H2,1-2H3. The first-order valence-corrected chi connectivity index (χ1v) is 5.09. The summed E-state index contributed by atoms with van der Waals surface area (Å²) in [5, 5.41) is 8.93. The molecule has 1 rings (SSSR count). The molecule has 1 heterocycles. The first-order chi connectivity index (χ1) is 5.74. The Morgan fingerprint density at radius 2 is 2.25 bits per heavy atom. The zero-order valence-corrected chi connectivity index (χ0v) is 8.29. The van der Waals surface area contributed by atoms with E-state index < -0.39 is 0 Å². The molecule has 2 heteroatoms. The molecule has 0 aromatic carbocycles. The van der Waals surface area contributed by atoms with Crippen LogP contribution in [0.5, 0.6) is 0 Å². The zero-order chi connectivity index (χ0) is 8.97. The van der Waals surface area contributed by atoms with Gasteiger partial charge in [-0.15, -0.1) is 0 Å². The Morgan fingerprint density at radius 3 is 2.83 bits per heavy atom. The van der Waals surface area contributed by atoms with Crippen molar-refractivity contribution in [2.75, 3.05) is 19.7 Å². The lowest BCUT2D eigenvalue weighted by Crippen LogP contribution is -2.40. The van der Waals surface area contributed by atoms with Crippen LogP contribution in [0.25, 0.3) is 0 Å². The number of nitrogens with zero attached hydrogens (tertiary/aromatic N) is 1. The van der Waals surface area contributed by atoms with Gasteiger partial charge in [-0.05, 0) is 32.2 Å². The lowest BCUT2D eigenvalue weighted by atomic mass is 10.0. The zero-order valence-electron chi connectivity index (χ0n) is 8.29. The molecule has 0 amide bonds. The van der Waals surface area contributed by atoms with Crippen molar-refractivity contribution in [3.63, 3.8) is 0 Å². The van der Waals surface area contributed by atoms with Crippen LogP contribution in [0.15, 0.2) is 0 Å². The van der Waals surface area contributed by atoms with Gasteiger partial charge in [-0.2, -0.15) is 0 Å². The maximum Gasteiger partial charge on any atom is 0.0468 e. The van der Waals surface area contributed by atoms with Crippen molar-refractivity contribution < 1.29 is 5.11 Å². The van der Waals surface area contributed by atoms with Crippen molar-refractivity contribution in [3.8, 4) is 0 Å². The van der Waals surface area contributed by atoms with Gasteiger partial charge in [0.15, 0.2) is 0 Å². The highest BCUT2D eigenvalue weighted by Crippen LogP contribution is 2.17. The van der Waals surface area contributed by atoms with Crippen molar-refractivity contribution in [3.05, 3.63) is 0 Å². The molecule has 2 atom stereocenters. The summed E-state index contributed by atoms with van der Waals surface area (Å²) in [6, 6.07) is 0.729. The first kappa shape index (κ1) is 10.0. The van der Waals surface area contributed by atoms with Gasteiger partial charge < -0.3 is 10.0 Å². The van der Waals surface area contributed by atoms with E-state index in [1.165, 1.54) is 25.8 Å². The lowest BCUT2D eigenvalue weighted by molar-refractivity contribution is 0.115. The lowest BCUT2D eigenvalue weighted by Gasteiger charge is -2.34. The van der Waals surface area contributed by atoms with Gasteiger partial charge in [-0.3, -0.25) is 0 Å². The Kier molecular flexibility index (Phi) is 4.02. The van der Waals surface area contributed by atoms with Gasteiger partial charge in [0, 0.05) is 19.2 Å². The summed E-state index contributed by atoms with van der Waals surface area (Å²) in [4.78, 5) is 2.50. The number of hydrogen-bond donors (Lipinski definition) is 1. The number of aliphatic hydroxyl groups excluding tert-OH is 1. The molecular weight excluding hydrogens is 150 g/mol. The number of piperidine rings is 1. The normalized spacial score (nSPS) is 28.8. The van der Waals surface area contributed by atoms with E-state index in [0.29, 0.717) is 12.5 Å². The van der Waals surface area contributed by atoms with Gasteiger partial charge in [0.2, 0.25) is 0 Å². The highest BCUT2D eigenvalue weighted by Gasteiger charge is 2.19. The van der Waals surface area contributed by atoms with Crippen molar-refractivity contribution in [2.24, 2.45) is 5.92 Å². The molecule has 0 aliphatic carbocycles. The molecule has 1 N–H and O–H groups in total. The van der Waals surface area contributed by atoms with Crippen molar-refractivity contribution >= 4 is 0 Å². The fourth-order valence-electron chi connectivity index (χ4n) is 1.89. The summed E-state index contributed by atoms with van der Waals surface area (Å²) in [6.45, 7) is 7.02. The molecule has 72 valence electrons. The van der Waals surface area contributed by atoms with E-state index in [1.807, 2.05) is 0 Å². The summed E-state index contributed by atoms with van der Waals surface area (Å²) in [5.41, 5.74) is 0. The van der Waals surface area contributed by atoms with E-state index >= 15 is 0 Å². The Hall–Kier alpha value is -0.0800. The summed E-state index contributed by atoms with van der Waals surface area (Å²) in [7, 11) is 0. The van der Waals surface area contributed by atoms with Crippen LogP contribution in [-0.4, -0.2) is 35.7 Å². The summed E-state index contributed by atoms with van der Waals surface area (Å²) >= 11 is 0. The molecule has 2 unspecified atom stereocenters. The molecule has 0 aromatic heterocycles. The van der Waals surface area contributed by atoms with Crippen molar-refractivity contribution in [1.82, 2.24) is 4.90 Å². The molecule has 0 saturated carbocycles. The van der Waals surface area contributed by atoms with E-state index in [-0.39, 0.29) is 0 Å². The third kappa shape index (κ3) is 2.76. The molecule has 1 aliphatic heterocycles. The quantitative estimate of drug-likeness (QED) is 0.695. The van der Waals surface area contributed by atoms with Crippen LogP contribution in [0.3, 0.4) is 0 Å². The van der Waals surface area contributed by atoms with Crippen LogP contribution in [0.1, 0.15) is 33.1 Å². The third-order valence-electron chi connectivity index (χ3n) is 2.80. The van der Waals surface area contributed by atoms with Gasteiger partial charge in [0.05, 0.1) is 0 Å². The minimum atomic E-state index is 0.323. The van der Waals surface area contributed by atoms with E-state index in [0.717, 1.165) is 12.6 Å². The smallest absolute Gasteiger partial charge is 0.0468 e. The number of hydrogen-bond acceptors (Lipinski definition) is 2. The van der Waals surface area contributed by atoms with Crippen LogP contribution < -0.4 is 0 Å². The molecular formula is C10H21NO. The topological polar surface area (TPSA) is 23.5 Å². The van der Waals surface area contributed by atoms with Gasteiger partial charge in [0.25, 0.3) is 0 Å². The van der Waals surface area contributed by atoms with Crippen LogP contribution in [0.2, 0.25) is 0 Å². The van der Waals surface area contributed by atoms with Crippen LogP contribution in [-0.2, 0) is 0 Å². The molecule has 0 radical (unpaired) electrons. The fourth-order valence-corrected chi connectivity index (χ4v) is 1.89. The Morgan fingerprint density at radius 1 is 1.50 bits per heavy atom. The maximum atomic E-state index is 8.93. The van der Waals surface area contributed by atoms with E-state index in [9.17, 15) is 0 Å². The average molecular weight is 171 g/mol. The second-order valence-electron chi connectivity index (χ2n) is 4.13. The van der Waals surface area contributed by atoms with Crippen LogP contribution in [0, 0.1) is 5.92 Å². The first-order valence-electron chi connectivity index (χ1n) is 5.09. The largest absolute Gasteiger partial charge is 0.396 e. The number of likely N-dealkylation sites (tertiary alicyclic amines) is 1. The summed E-state index contributed by atoms with van der Waals surface area (Å²) in [5.74, 6) is 0.436. The third-order valence-corrected chi connectivity index (χ3v) is 2.80. The Bertz CT molecular complexity index is 127. The molecule has 0 aromatic rings. The maximum absolute atomic E-state index is 8.93. The van der Waals surface area contributed by atoms with E-state index in [1.54, 1.807) is 0 Å². The van der Waals surface area contributed by atoms with Crippen molar-refractivity contribution in [1.29, 1.82) is 0 Å². The van der Waals surface area contributed by atoms with E-state index in [2.05, 4.69) is 18.7 Å². The summed E-state index contributed by atoms with van der Waals surface area (Å²) in [6.07, 6.45) is 4.05. The SMILES string of the molecule is CC(CO)CN1CCCCC1C. The molecule has 12 heavy (non-hydrogen) atoms. The molecule has 1 aliphatic rings. The Labute approximate surface area is 75.6 Å². The molecule has 0 bridgehead atoms. The van der Waals surface area contributed by atoms with Gasteiger partial charge >= 0.3 is 0 Å². The van der Waals surface area contributed by atoms with Crippen LogP contribution >= 0.6 is 0 Å². The predicted octanol–water partition coefficient (Wildman–Crippen LogP) is 1.49. The van der Waals surface area contributed by atoms with Gasteiger partial charge in [-0.1, -0.05) is 13.3 Å². The fraction of sp³-hybridized carbons (Fsp3) is 1.00. The predicted molar refractivity (Wildman–Crippen MR) is 51.1 cm³/mol. The summed E-state index contributed by atoms with van der Waals surface area (Å²) < 4.78 is 0. The highest BCUT2D eigenvalue weighted by molar-refractivity contribution is 4.74.